The minimum Gasteiger partial charge on any atom is -0.790 e. The summed E-state index contributed by atoms with van der Waals surface area (Å²) >= 11 is 0. The van der Waals surface area contributed by atoms with Crippen molar-refractivity contribution in [2.45, 2.75) is 0 Å². The maximum absolute atomic E-state index is 9.63. The zero-order valence-electron chi connectivity index (χ0n) is 6.73. The van der Waals surface area contributed by atoms with E-state index in [1.165, 1.54) is 0 Å². The van der Waals surface area contributed by atoms with Gasteiger partial charge in [0.15, 0.2) is 0 Å². The van der Waals surface area contributed by atoms with Gasteiger partial charge in [0, 0.05) is 0 Å². The first kappa shape index (κ1) is 21.9. The molecule has 11 nitrogen and oxygen atoms in total. The Labute approximate surface area is 113 Å². The number of phosphoric acid groups is 3. The molecule has 0 radical (unpaired) electrons. The standard InChI is InChI=1S/Ca.H4O7P2.H3O4P/c;1-8(2,3)7-9(4,5)6;1-5(2,3)4/h;(H2,1,2,3)(H2,4,5,6);(H3,1,2,3,4)/q+2;;/p-2. The van der Waals surface area contributed by atoms with Gasteiger partial charge in [-0.25, -0.2) is 9.13 Å². The number of hydrogen-bond acceptors (Lipinski definition) is 6. The van der Waals surface area contributed by atoms with Gasteiger partial charge in [-0.3, -0.25) is 0 Å². The molecule has 0 rings (SSSR count). The molecule has 88 valence electrons. The van der Waals surface area contributed by atoms with E-state index in [0.717, 1.165) is 0 Å². The molecule has 0 heterocycles. The van der Waals surface area contributed by atoms with Gasteiger partial charge in [0.2, 0.25) is 0 Å². The third-order valence-electron chi connectivity index (χ3n) is 0.213. The zero-order chi connectivity index (χ0) is 12.2. The Bertz CT molecular complexity index is 259. The predicted octanol–water partition coefficient (Wildman–Crippen LogP) is -3.39. The van der Waals surface area contributed by atoms with E-state index in [1.807, 2.05) is 0 Å². The van der Waals surface area contributed by atoms with Crippen LogP contribution in [0, 0.1) is 0 Å². The van der Waals surface area contributed by atoms with Crippen LogP contribution in [0.25, 0.3) is 0 Å². The Morgan fingerprint density at radius 1 is 0.800 bits per heavy atom. The van der Waals surface area contributed by atoms with Crippen LogP contribution in [0.5, 0.6) is 0 Å². The molecule has 15 heteroatoms. The second-order valence-electron chi connectivity index (χ2n) is 1.53. The molecule has 0 saturated carbocycles. The summed E-state index contributed by atoms with van der Waals surface area (Å²) < 4.78 is 30.9. The van der Waals surface area contributed by atoms with Crippen LogP contribution in [0.15, 0.2) is 0 Å². The molecule has 0 spiro atoms. The molecule has 0 aliphatic heterocycles. The van der Waals surface area contributed by atoms with Crippen LogP contribution < -0.4 is 9.79 Å². The first-order chi connectivity index (χ1) is 5.71. The van der Waals surface area contributed by atoms with E-state index >= 15 is 0 Å². The van der Waals surface area contributed by atoms with Gasteiger partial charge < -0.3 is 38.8 Å². The van der Waals surface area contributed by atoms with Crippen LogP contribution in [0.1, 0.15) is 0 Å². The molecule has 5 N–H and O–H groups in total. The van der Waals surface area contributed by atoms with Gasteiger partial charge in [0.25, 0.3) is 0 Å². The summed E-state index contributed by atoms with van der Waals surface area (Å²) in [7, 11) is -15.2. The quantitative estimate of drug-likeness (QED) is 0.251. The van der Waals surface area contributed by atoms with Crippen molar-refractivity contribution in [1.82, 2.24) is 0 Å². The van der Waals surface area contributed by atoms with E-state index in [1.54, 1.807) is 0 Å². The van der Waals surface area contributed by atoms with Crippen LogP contribution >= 0.6 is 23.5 Å². The summed E-state index contributed by atoms with van der Waals surface area (Å²) in [5.41, 5.74) is 0. The molecule has 0 atom stereocenters. The molecule has 0 unspecified atom stereocenters. The average Bonchev–Trinajstić information content (AvgIpc) is 1.42. The maximum atomic E-state index is 9.63. The second-order valence-corrected chi connectivity index (χ2v) is 5.08. The molecule has 15 heavy (non-hydrogen) atoms. The van der Waals surface area contributed by atoms with Crippen molar-refractivity contribution in [3.8, 4) is 0 Å². The van der Waals surface area contributed by atoms with Crippen molar-refractivity contribution in [2.24, 2.45) is 0 Å². The Morgan fingerprint density at radius 3 is 0.933 bits per heavy atom. The van der Waals surface area contributed by atoms with Gasteiger partial charge >= 0.3 is 53.4 Å². The fourth-order valence-corrected chi connectivity index (χ4v) is 1.25. The van der Waals surface area contributed by atoms with Crippen LogP contribution in [0.2, 0.25) is 0 Å². The first-order valence-corrected chi connectivity index (χ1v) is 6.83. The van der Waals surface area contributed by atoms with Crippen LogP contribution in [0.3, 0.4) is 0 Å². The van der Waals surface area contributed by atoms with Crippen molar-refractivity contribution < 1.29 is 52.3 Å². The predicted molar refractivity (Wildman–Crippen MR) is 40.8 cm³/mol. The summed E-state index contributed by atoms with van der Waals surface area (Å²) in [5, 5.41) is 0. The molecule has 0 aliphatic rings. The smallest absolute Gasteiger partial charge is 0.790 e. The average molecular weight is 314 g/mol. The molecule has 0 fully saturated rings. The number of hydrogen-bond donors (Lipinski definition) is 5. The van der Waals surface area contributed by atoms with Crippen LogP contribution in [0.4, 0.5) is 0 Å². The largest absolute Gasteiger partial charge is 2.00 e. The minimum absolute atomic E-state index is 0. The molecule has 0 bridgehead atoms. The van der Waals surface area contributed by atoms with Gasteiger partial charge in [-0.2, -0.15) is 4.31 Å². The molecule has 0 aromatic carbocycles. The normalized spacial score (nSPS) is 12.2. The van der Waals surface area contributed by atoms with Gasteiger partial charge in [0.1, 0.15) is 0 Å². The van der Waals surface area contributed by atoms with Crippen LogP contribution in [-0.4, -0.2) is 62.2 Å². The van der Waals surface area contributed by atoms with Gasteiger partial charge in [-0.15, -0.1) is 0 Å². The zero-order valence-corrected chi connectivity index (χ0v) is 11.6. The molecule has 0 amide bonds. The summed E-state index contributed by atoms with van der Waals surface area (Å²) in [6.45, 7) is 0. The first-order valence-electron chi connectivity index (χ1n) is 2.28. The Kier molecular flexibility index (Phi) is 11.5. The molecule has 0 saturated heterocycles. The third kappa shape index (κ3) is 49.9. The van der Waals surface area contributed by atoms with Crippen molar-refractivity contribution in [3.05, 3.63) is 0 Å². The SMILES string of the molecule is O=P(O)(O)OP(=O)(O)O.O=P([O-])([O-])O.[Ca+2]. The maximum Gasteiger partial charge on any atom is 2.00 e. The molecule has 0 aromatic rings. The van der Waals surface area contributed by atoms with Gasteiger partial charge in [-0.05, 0) is 0 Å². The monoisotopic (exact) mass is 314 g/mol. The minimum atomic E-state index is -5.14. The number of rotatable bonds is 2. The summed E-state index contributed by atoms with van der Waals surface area (Å²) in [6, 6.07) is 0. The molecular weight excluding hydrogens is 309 g/mol. The van der Waals surface area contributed by atoms with Crippen molar-refractivity contribution >= 4 is 61.2 Å². The third-order valence-corrected chi connectivity index (χ3v) is 1.91. The van der Waals surface area contributed by atoms with Crippen molar-refractivity contribution in [3.63, 3.8) is 0 Å². The fourth-order valence-electron chi connectivity index (χ4n) is 0.139. The van der Waals surface area contributed by atoms with E-state index in [0.29, 0.717) is 0 Å². The Balaban J connectivity index is -0.000000208. The van der Waals surface area contributed by atoms with Crippen molar-refractivity contribution in [2.75, 3.05) is 0 Å². The van der Waals surface area contributed by atoms with E-state index < -0.39 is 23.5 Å². The van der Waals surface area contributed by atoms with E-state index in [4.69, 9.17) is 38.8 Å². The van der Waals surface area contributed by atoms with Gasteiger partial charge in [-0.1, -0.05) is 0 Å². The Hall–Kier alpha value is 1.63. The van der Waals surface area contributed by atoms with Crippen molar-refractivity contribution in [1.29, 1.82) is 0 Å². The van der Waals surface area contributed by atoms with Crippen LogP contribution in [-0.2, 0) is 18.0 Å². The Morgan fingerprint density at radius 2 is 0.933 bits per heavy atom. The summed E-state index contributed by atoms with van der Waals surface area (Å²) in [4.78, 5) is 55.3. The second kappa shape index (κ2) is 7.86. The van der Waals surface area contributed by atoms with E-state index in [9.17, 15) is 9.13 Å². The fraction of sp³-hybridized carbons (Fsp3) is 0. The molecule has 0 aliphatic carbocycles. The molecule has 0 aromatic heterocycles. The van der Waals surface area contributed by atoms with Gasteiger partial charge in [0.05, 0.1) is 7.82 Å². The summed E-state index contributed by atoms with van der Waals surface area (Å²) in [5.74, 6) is 0. The van der Waals surface area contributed by atoms with E-state index in [-0.39, 0.29) is 37.7 Å². The summed E-state index contributed by atoms with van der Waals surface area (Å²) in [6.07, 6.45) is 0. The topological polar surface area (TPSA) is 208 Å². The molecular formula is H5CaO11P3. The van der Waals surface area contributed by atoms with E-state index in [2.05, 4.69) is 4.31 Å².